The molecule has 0 saturated heterocycles. The van der Waals surface area contributed by atoms with Gasteiger partial charge in [0.15, 0.2) is 5.76 Å². The first-order chi connectivity index (χ1) is 17.8. The van der Waals surface area contributed by atoms with Crippen molar-refractivity contribution in [2.45, 2.75) is 44.4 Å². The molecule has 5 nitrogen and oxygen atoms in total. The number of carboxylic acid groups (broad SMARTS) is 1. The van der Waals surface area contributed by atoms with Gasteiger partial charge in [0.05, 0.1) is 6.42 Å². The molecular weight excluding hydrogens is 484 g/mol. The van der Waals surface area contributed by atoms with Crippen molar-refractivity contribution < 1.29 is 14.4 Å². The minimum absolute atomic E-state index is 0.171. The van der Waals surface area contributed by atoms with Crippen LogP contribution in [0, 0.1) is 6.92 Å². The van der Waals surface area contributed by atoms with E-state index in [4.69, 9.17) is 16.1 Å². The first-order valence-corrected chi connectivity index (χ1v) is 13.1. The summed E-state index contributed by atoms with van der Waals surface area (Å²) in [5, 5.41) is 14.3. The molecule has 0 unspecified atom stereocenters. The van der Waals surface area contributed by atoms with Crippen LogP contribution in [0.3, 0.4) is 0 Å². The molecule has 1 aliphatic carbocycles. The number of aryl methyl sites for hydroxylation is 2. The second kappa shape index (κ2) is 10.4. The van der Waals surface area contributed by atoms with E-state index in [-0.39, 0.29) is 11.8 Å². The molecule has 3 aromatic carbocycles. The molecule has 1 aliphatic rings. The average molecular weight is 515 g/mol. The summed E-state index contributed by atoms with van der Waals surface area (Å²) in [5.74, 6) is 0.0455. The zero-order valence-corrected chi connectivity index (χ0v) is 22.0. The lowest BCUT2D eigenvalue weighted by Gasteiger charge is -2.19. The molecule has 190 valence electrons. The summed E-state index contributed by atoms with van der Waals surface area (Å²) in [5.41, 5.74) is 7.31. The Kier molecular flexibility index (Phi) is 7.07. The molecular formula is C31H31ClN2O3. The van der Waals surface area contributed by atoms with Crippen molar-refractivity contribution in [1.29, 1.82) is 0 Å². The van der Waals surface area contributed by atoms with Crippen LogP contribution < -0.4 is 4.90 Å². The standard InChI is InChI=1S/C31H31ClN2O3/c1-21-29(34(2)19-3-4-22-5-15-27(32)16-6-22)30(37-33-21)25-9-7-23(8-10-25)24-11-13-26(14-12-24)31(17-18-31)20-28(35)36/h5-16H,3-4,17-20H2,1-2H3,(H,35,36). The second-order valence-electron chi connectivity index (χ2n) is 10.1. The zero-order valence-electron chi connectivity index (χ0n) is 21.2. The summed E-state index contributed by atoms with van der Waals surface area (Å²) in [6, 6.07) is 24.7. The molecule has 0 aliphatic heterocycles. The van der Waals surface area contributed by atoms with Crippen LogP contribution in [0.1, 0.15) is 42.5 Å². The number of carbonyl (C=O) groups is 1. The Hall–Kier alpha value is -3.57. The molecule has 0 radical (unpaired) electrons. The van der Waals surface area contributed by atoms with E-state index < -0.39 is 5.97 Å². The lowest BCUT2D eigenvalue weighted by Crippen LogP contribution is -2.20. The van der Waals surface area contributed by atoms with E-state index >= 15 is 0 Å². The van der Waals surface area contributed by atoms with Gasteiger partial charge in [-0.15, -0.1) is 0 Å². The van der Waals surface area contributed by atoms with Gasteiger partial charge in [-0.25, -0.2) is 0 Å². The van der Waals surface area contributed by atoms with Crippen molar-refractivity contribution in [2.24, 2.45) is 0 Å². The van der Waals surface area contributed by atoms with Crippen molar-refractivity contribution in [1.82, 2.24) is 5.16 Å². The molecule has 1 heterocycles. The number of aromatic nitrogens is 1. The maximum atomic E-state index is 11.2. The summed E-state index contributed by atoms with van der Waals surface area (Å²) >= 11 is 6.00. The monoisotopic (exact) mass is 514 g/mol. The van der Waals surface area contributed by atoms with Gasteiger partial charge in [0, 0.05) is 29.6 Å². The van der Waals surface area contributed by atoms with Crippen LogP contribution >= 0.6 is 11.6 Å². The van der Waals surface area contributed by atoms with Crippen LogP contribution in [0.25, 0.3) is 22.5 Å². The Morgan fingerprint density at radius 2 is 1.57 bits per heavy atom. The molecule has 1 aromatic heterocycles. The van der Waals surface area contributed by atoms with Gasteiger partial charge in [0.1, 0.15) is 11.4 Å². The molecule has 37 heavy (non-hydrogen) atoms. The van der Waals surface area contributed by atoms with Gasteiger partial charge in [-0.05, 0) is 67.0 Å². The third-order valence-electron chi connectivity index (χ3n) is 7.41. The molecule has 0 spiro atoms. The maximum absolute atomic E-state index is 11.2. The molecule has 1 fully saturated rings. The molecule has 0 bridgehead atoms. The molecule has 1 saturated carbocycles. The van der Waals surface area contributed by atoms with E-state index in [1.165, 1.54) is 5.56 Å². The molecule has 4 aromatic rings. The normalized spacial score (nSPS) is 13.9. The van der Waals surface area contributed by atoms with Crippen molar-refractivity contribution in [2.75, 3.05) is 18.5 Å². The van der Waals surface area contributed by atoms with E-state index in [0.717, 1.165) is 76.6 Å². The van der Waals surface area contributed by atoms with Gasteiger partial charge in [-0.3, -0.25) is 4.79 Å². The number of hydrogen-bond donors (Lipinski definition) is 1. The van der Waals surface area contributed by atoms with E-state index in [9.17, 15) is 9.90 Å². The summed E-state index contributed by atoms with van der Waals surface area (Å²) in [6.45, 7) is 2.86. The third-order valence-corrected chi connectivity index (χ3v) is 7.66. The Morgan fingerprint density at radius 3 is 2.16 bits per heavy atom. The number of rotatable bonds is 10. The van der Waals surface area contributed by atoms with Crippen LogP contribution in [-0.2, 0) is 16.6 Å². The number of nitrogens with zero attached hydrogens (tertiary/aromatic N) is 2. The lowest BCUT2D eigenvalue weighted by atomic mass is 9.91. The van der Waals surface area contributed by atoms with E-state index in [1.54, 1.807) is 0 Å². The van der Waals surface area contributed by atoms with Crippen molar-refractivity contribution in [3.63, 3.8) is 0 Å². The van der Waals surface area contributed by atoms with Gasteiger partial charge in [0.2, 0.25) is 0 Å². The van der Waals surface area contributed by atoms with Crippen LogP contribution in [0.5, 0.6) is 0 Å². The van der Waals surface area contributed by atoms with Crippen LogP contribution in [0.4, 0.5) is 5.69 Å². The van der Waals surface area contributed by atoms with Gasteiger partial charge in [-0.2, -0.15) is 0 Å². The van der Waals surface area contributed by atoms with E-state index in [1.807, 2.05) is 19.1 Å². The minimum atomic E-state index is -0.730. The largest absolute Gasteiger partial charge is 0.481 e. The Balaban J connectivity index is 1.27. The lowest BCUT2D eigenvalue weighted by molar-refractivity contribution is -0.137. The first kappa shape index (κ1) is 25.1. The fraction of sp³-hybridized carbons (Fsp3) is 0.290. The van der Waals surface area contributed by atoms with Crippen LogP contribution in [0.2, 0.25) is 5.02 Å². The Bertz CT molecular complexity index is 1370. The predicted molar refractivity (Wildman–Crippen MR) is 148 cm³/mol. The van der Waals surface area contributed by atoms with Crippen molar-refractivity contribution >= 4 is 23.3 Å². The maximum Gasteiger partial charge on any atom is 0.304 e. The molecule has 5 rings (SSSR count). The fourth-order valence-corrected chi connectivity index (χ4v) is 5.25. The topological polar surface area (TPSA) is 66.6 Å². The first-order valence-electron chi connectivity index (χ1n) is 12.7. The number of halogens is 1. The highest BCUT2D eigenvalue weighted by Gasteiger charge is 2.45. The SMILES string of the molecule is Cc1noc(-c2ccc(-c3ccc(C4(CC(=O)O)CC4)cc3)cc2)c1N(C)CCCc1ccc(Cl)cc1. The zero-order chi connectivity index (χ0) is 26.0. The molecule has 6 heteroatoms. The number of benzene rings is 3. The minimum Gasteiger partial charge on any atom is -0.481 e. The Morgan fingerprint density at radius 1 is 0.973 bits per heavy atom. The summed E-state index contributed by atoms with van der Waals surface area (Å²) in [7, 11) is 2.08. The Labute approximate surface area is 222 Å². The molecule has 0 atom stereocenters. The smallest absolute Gasteiger partial charge is 0.304 e. The number of carboxylic acids is 1. The summed E-state index contributed by atoms with van der Waals surface area (Å²) in [6.07, 6.45) is 4.08. The highest BCUT2D eigenvalue weighted by atomic mass is 35.5. The van der Waals surface area contributed by atoms with Crippen molar-refractivity contribution in [3.8, 4) is 22.5 Å². The van der Waals surface area contributed by atoms with Gasteiger partial charge in [-0.1, -0.05) is 77.4 Å². The fourth-order valence-electron chi connectivity index (χ4n) is 5.13. The van der Waals surface area contributed by atoms with Crippen LogP contribution in [-0.4, -0.2) is 29.8 Å². The van der Waals surface area contributed by atoms with E-state index in [0.29, 0.717) is 0 Å². The van der Waals surface area contributed by atoms with Crippen molar-refractivity contribution in [3.05, 3.63) is 94.6 Å². The second-order valence-corrected chi connectivity index (χ2v) is 10.5. The third kappa shape index (κ3) is 5.57. The van der Waals surface area contributed by atoms with Gasteiger partial charge >= 0.3 is 5.97 Å². The average Bonchev–Trinajstić information content (AvgIpc) is 3.57. The van der Waals surface area contributed by atoms with Crippen LogP contribution in [0.15, 0.2) is 77.3 Å². The molecule has 0 amide bonds. The predicted octanol–water partition coefficient (Wildman–Crippen LogP) is 7.55. The molecule has 1 N–H and O–H groups in total. The van der Waals surface area contributed by atoms with Gasteiger partial charge in [0.25, 0.3) is 0 Å². The number of aliphatic carboxylic acids is 1. The summed E-state index contributed by atoms with van der Waals surface area (Å²) < 4.78 is 5.76. The van der Waals surface area contributed by atoms with E-state index in [2.05, 4.69) is 77.8 Å². The number of hydrogen-bond acceptors (Lipinski definition) is 4. The highest BCUT2D eigenvalue weighted by Crippen LogP contribution is 2.51. The summed E-state index contributed by atoms with van der Waals surface area (Å²) in [4.78, 5) is 13.5. The number of anilines is 1. The quantitative estimate of drug-likeness (QED) is 0.237. The highest BCUT2D eigenvalue weighted by molar-refractivity contribution is 6.30. The van der Waals surface area contributed by atoms with Gasteiger partial charge < -0.3 is 14.5 Å².